The number of piperidine rings is 1. The van der Waals surface area contributed by atoms with Crippen molar-refractivity contribution in [3.8, 4) is 0 Å². The minimum Gasteiger partial charge on any atom is -0.352 e. The molecule has 0 spiro atoms. The third-order valence-electron chi connectivity index (χ3n) is 6.38. The van der Waals surface area contributed by atoms with E-state index in [1.54, 1.807) is 6.92 Å². The zero-order chi connectivity index (χ0) is 28.4. The number of nitrogens with zero attached hydrogens (tertiary/aromatic N) is 2. The van der Waals surface area contributed by atoms with Crippen LogP contribution in [-0.2, 0) is 23.7 Å². The van der Waals surface area contributed by atoms with E-state index >= 15 is 0 Å². The number of carbonyl (C=O) groups is 2. The number of hydrogen-bond donors (Lipinski definition) is 2. The Morgan fingerprint density at radius 3 is 2.18 bits per heavy atom. The van der Waals surface area contributed by atoms with Gasteiger partial charge in [0.2, 0.25) is 5.91 Å². The maximum atomic E-state index is 13.7. The molecule has 38 heavy (non-hydrogen) atoms. The molecule has 0 radical (unpaired) electrons. The van der Waals surface area contributed by atoms with Crippen LogP contribution in [0.5, 0.6) is 0 Å². The summed E-state index contributed by atoms with van der Waals surface area (Å²) in [7, 11) is 1.27. The summed E-state index contributed by atoms with van der Waals surface area (Å²) in [6.07, 6.45) is -9.44. The van der Waals surface area contributed by atoms with Crippen LogP contribution in [0.15, 0.2) is 36.4 Å². The molecule has 0 bridgehead atoms. The molecule has 1 aliphatic heterocycles. The van der Waals surface area contributed by atoms with Gasteiger partial charge in [0.05, 0.1) is 23.7 Å². The monoisotopic (exact) mass is 548 g/mol. The van der Waals surface area contributed by atoms with Gasteiger partial charge in [0.1, 0.15) is 5.82 Å². The van der Waals surface area contributed by atoms with E-state index < -0.39 is 53.8 Å². The van der Waals surface area contributed by atoms with Gasteiger partial charge in [0.15, 0.2) is 0 Å². The number of alkyl halides is 6. The van der Waals surface area contributed by atoms with Crippen LogP contribution in [0.2, 0.25) is 0 Å². The van der Waals surface area contributed by atoms with Crippen LogP contribution in [0.1, 0.15) is 46.7 Å². The summed E-state index contributed by atoms with van der Waals surface area (Å²) in [6, 6.07) is 3.55. The van der Waals surface area contributed by atoms with E-state index in [9.17, 15) is 40.3 Å². The van der Waals surface area contributed by atoms with Gasteiger partial charge in [-0.3, -0.25) is 4.79 Å². The topological polar surface area (TPSA) is 78.7 Å². The number of benzene rings is 2. The molecule has 1 heterocycles. The Labute approximate surface area is 214 Å². The first-order valence-electron chi connectivity index (χ1n) is 11.7. The van der Waals surface area contributed by atoms with Crippen molar-refractivity contribution in [1.82, 2.24) is 15.1 Å². The lowest BCUT2D eigenvalue weighted by Gasteiger charge is -2.42. The maximum Gasteiger partial charge on any atom is 0.416 e. The van der Waals surface area contributed by atoms with Gasteiger partial charge in [0, 0.05) is 26.2 Å². The summed E-state index contributed by atoms with van der Waals surface area (Å²) < 4.78 is 93.3. The van der Waals surface area contributed by atoms with Crippen molar-refractivity contribution in [2.24, 2.45) is 5.73 Å². The van der Waals surface area contributed by atoms with E-state index in [2.05, 4.69) is 5.32 Å². The second-order valence-corrected chi connectivity index (χ2v) is 9.26. The van der Waals surface area contributed by atoms with Crippen molar-refractivity contribution in [3.05, 3.63) is 70.0 Å². The average Bonchev–Trinajstić information content (AvgIpc) is 2.82. The molecule has 13 heteroatoms. The highest BCUT2D eigenvalue weighted by molar-refractivity contribution is 5.78. The zero-order valence-corrected chi connectivity index (χ0v) is 20.6. The van der Waals surface area contributed by atoms with Crippen LogP contribution in [-0.4, -0.2) is 47.9 Å². The molecule has 3 N–H and O–H groups in total. The van der Waals surface area contributed by atoms with Crippen LogP contribution in [0.3, 0.4) is 0 Å². The van der Waals surface area contributed by atoms with Crippen molar-refractivity contribution < 1.29 is 40.3 Å². The van der Waals surface area contributed by atoms with E-state index in [4.69, 9.17) is 5.73 Å². The third-order valence-corrected chi connectivity index (χ3v) is 6.38. The fraction of sp³-hybridized carbons (Fsp3) is 0.440. The van der Waals surface area contributed by atoms with E-state index in [0.717, 1.165) is 4.90 Å². The van der Waals surface area contributed by atoms with Crippen molar-refractivity contribution in [1.29, 1.82) is 0 Å². The van der Waals surface area contributed by atoms with Crippen molar-refractivity contribution in [3.63, 3.8) is 0 Å². The number of halogens is 7. The number of nitrogens with two attached hydrogens (primary N) is 1. The molecule has 0 saturated carbocycles. The Hall–Kier alpha value is -3.35. The van der Waals surface area contributed by atoms with Gasteiger partial charge >= 0.3 is 18.4 Å². The summed E-state index contributed by atoms with van der Waals surface area (Å²) in [5.74, 6) is -0.887. The summed E-state index contributed by atoms with van der Waals surface area (Å²) in [4.78, 5) is 27.7. The third kappa shape index (κ3) is 6.94. The molecule has 208 valence electrons. The van der Waals surface area contributed by atoms with Crippen LogP contribution < -0.4 is 11.1 Å². The number of amides is 3. The van der Waals surface area contributed by atoms with E-state index in [1.807, 2.05) is 0 Å². The molecule has 1 aliphatic rings. The number of urea groups is 1. The number of nitrogens with one attached hydrogen (secondary N) is 1. The highest BCUT2D eigenvalue weighted by Gasteiger charge is 2.38. The minimum absolute atomic E-state index is 0.0269. The number of hydrogen-bond acceptors (Lipinski definition) is 3. The molecule has 0 aromatic heterocycles. The molecule has 1 saturated heterocycles. The molecule has 3 rings (SSSR count). The van der Waals surface area contributed by atoms with Gasteiger partial charge < -0.3 is 20.9 Å². The number of rotatable bonds is 5. The first-order chi connectivity index (χ1) is 17.6. The maximum absolute atomic E-state index is 13.7. The standard InChI is InChI=1S/C25H27F7N4O2/c1-14-7-18(26)3-4-20(14)21-11-19(34-22(37)12-33)5-6-36(21)23(38)35(2)13-15-8-16(24(27,28)29)10-17(9-15)25(30,31)32/h3-4,7-10,19,21H,5-6,11-13,33H2,1-2H3,(H,34,37). The Morgan fingerprint density at radius 1 is 1.05 bits per heavy atom. The summed E-state index contributed by atoms with van der Waals surface area (Å²) in [5.41, 5.74) is 3.21. The van der Waals surface area contributed by atoms with Gasteiger partial charge in [-0.25, -0.2) is 9.18 Å². The minimum atomic E-state index is -5.01. The molecule has 2 aromatic rings. The highest BCUT2D eigenvalue weighted by Crippen LogP contribution is 2.37. The molecule has 2 unspecified atom stereocenters. The number of aryl methyl sites for hydroxylation is 1. The first kappa shape index (κ1) is 29.2. The van der Waals surface area contributed by atoms with Crippen molar-refractivity contribution >= 4 is 11.9 Å². The lowest BCUT2D eigenvalue weighted by molar-refractivity contribution is -0.143. The molecule has 3 amide bonds. The fourth-order valence-corrected chi connectivity index (χ4v) is 4.59. The number of likely N-dealkylation sites (tertiary alicyclic amines) is 1. The predicted molar refractivity (Wildman–Crippen MR) is 124 cm³/mol. The molecule has 0 aliphatic carbocycles. The zero-order valence-electron chi connectivity index (χ0n) is 20.6. The smallest absolute Gasteiger partial charge is 0.352 e. The van der Waals surface area contributed by atoms with Crippen molar-refractivity contribution in [2.75, 3.05) is 20.1 Å². The second kappa shape index (κ2) is 11.2. The molecule has 6 nitrogen and oxygen atoms in total. The largest absolute Gasteiger partial charge is 0.416 e. The molecular weight excluding hydrogens is 521 g/mol. The van der Waals surface area contributed by atoms with Gasteiger partial charge in [-0.1, -0.05) is 6.07 Å². The van der Waals surface area contributed by atoms with E-state index in [1.165, 1.54) is 30.1 Å². The van der Waals surface area contributed by atoms with Crippen LogP contribution in [0.25, 0.3) is 0 Å². The fourth-order valence-electron chi connectivity index (χ4n) is 4.59. The first-order valence-corrected chi connectivity index (χ1v) is 11.7. The summed E-state index contributed by atoms with van der Waals surface area (Å²) in [5, 5.41) is 2.77. The predicted octanol–water partition coefficient (Wildman–Crippen LogP) is 5.00. The van der Waals surface area contributed by atoms with Crippen molar-refractivity contribution in [2.45, 2.75) is 50.7 Å². The van der Waals surface area contributed by atoms with Crippen LogP contribution >= 0.6 is 0 Å². The Morgan fingerprint density at radius 2 is 1.66 bits per heavy atom. The van der Waals surface area contributed by atoms with Crippen LogP contribution in [0, 0.1) is 12.7 Å². The quantitative estimate of drug-likeness (QED) is 0.516. The van der Waals surface area contributed by atoms with E-state index in [-0.39, 0.29) is 37.2 Å². The van der Waals surface area contributed by atoms with Gasteiger partial charge in [0.25, 0.3) is 0 Å². The second-order valence-electron chi connectivity index (χ2n) is 9.26. The summed E-state index contributed by atoms with van der Waals surface area (Å²) in [6.45, 7) is 1.01. The number of carbonyl (C=O) groups excluding carboxylic acids is 2. The average molecular weight is 549 g/mol. The Balaban J connectivity index is 1.90. The SMILES string of the molecule is Cc1cc(F)ccc1C1CC(NC(=O)CN)CCN1C(=O)N(C)Cc1cc(C(F)(F)F)cc(C(F)(F)F)c1. The lowest BCUT2D eigenvalue weighted by Crippen LogP contribution is -2.51. The van der Waals surface area contributed by atoms with Gasteiger partial charge in [-0.2, -0.15) is 26.3 Å². The summed E-state index contributed by atoms with van der Waals surface area (Å²) >= 11 is 0. The Kier molecular flexibility index (Phi) is 8.59. The molecule has 1 fully saturated rings. The Bertz CT molecular complexity index is 1150. The van der Waals surface area contributed by atoms with Crippen LogP contribution in [0.4, 0.5) is 35.5 Å². The molecule has 2 atom stereocenters. The highest BCUT2D eigenvalue weighted by atomic mass is 19.4. The molecule has 2 aromatic carbocycles. The van der Waals surface area contributed by atoms with Gasteiger partial charge in [-0.05, 0) is 66.8 Å². The van der Waals surface area contributed by atoms with Gasteiger partial charge in [-0.15, -0.1) is 0 Å². The lowest BCUT2D eigenvalue weighted by atomic mass is 9.89. The molecular formula is C25H27F7N4O2. The van der Waals surface area contributed by atoms with E-state index in [0.29, 0.717) is 29.7 Å². The normalized spacial score (nSPS) is 18.3.